The normalized spacial score (nSPS) is 9.43. The molecule has 0 aliphatic rings. The lowest BCUT2D eigenvalue weighted by Gasteiger charge is -1.94. The van der Waals surface area contributed by atoms with Crippen molar-refractivity contribution in [1.29, 1.82) is 0 Å². The van der Waals surface area contributed by atoms with Crippen molar-refractivity contribution < 1.29 is 5.11 Å². The van der Waals surface area contributed by atoms with E-state index in [9.17, 15) is 0 Å². The maximum absolute atomic E-state index is 8.14. The molecule has 0 aromatic rings. The zero-order valence-corrected chi connectivity index (χ0v) is 4.35. The largest absolute Gasteiger partial charge is 0.381 e. The van der Waals surface area contributed by atoms with Crippen LogP contribution in [0.4, 0.5) is 0 Å². The molecule has 7 heavy (non-hydrogen) atoms. The molecule has 0 bridgehead atoms. The van der Waals surface area contributed by atoms with Crippen LogP contribution in [0.25, 0.3) is 0 Å². The topological polar surface area (TPSA) is 58.3 Å². The highest BCUT2D eigenvalue weighted by Gasteiger charge is 1.78. The third-order valence-corrected chi connectivity index (χ3v) is 0.669. The maximum atomic E-state index is 8.14. The molecule has 0 fully saturated rings. The first kappa shape index (κ1) is 6.88. The summed E-state index contributed by atoms with van der Waals surface area (Å²) in [5.74, 6) is 0. The molecule has 0 spiro atoms. The van der Waals surface area contributed by atoms with E-state index in [-0.39, 0.29) is 6.73 Å². The molecule has 0 saturated heterocycles. The van der Waals surface area contributed by atoms with E-state index in [2.05, 4.69) is 5.32 Å². The summed E-state index contributed by atoms with van der Waals surface area (Å²) in [5, 5.41) is 10.9. The molecule has 0 rings (SSSR count). The Morgan fingerprint density at radius 2 is 2.29 bits per heavy atom. The first-order valence-corrected chi connectivity index (χ1v) is 2.43. The van der Waals surface area contributed by atoms with E-state index < -0.39 is 0 Å². The van der Waals surface area contributed by atoms with E-state index >= 15 is 0 Å². The minimum atomic E-state index is 0.0556. The van der Waals surface area contributed by atoms with Gasteiger partial charge in [0.25, 0.3) is 0 Å². The fourth-order valence-corrected chi connectivity index (χ4v) is 0.306. The molecule has 0 radical (unpaired) electrons. The Labute approximate surface area is 43.5 Å². The monoisotopic (exact) mass is 104 g/mol. The second kappa shape index (κ2) is 5.88. The van der Waals surface area contributed by atoms with Crippen LogP contribution in [0.2, 0.25) is 0 Å². The summed E-state index contributed by atoms with van der Waals surface area (Å²) < 4.78 is 0. The number of rotatable bonds is 4. The Kier molecular flexibility index (Phi) is 5.78. The van der Waals surface area contributed by atoms with Crippen LogP contribution in [0.3, 0.4) is 0 Å². The Balaban J connectivity index is 2.45. The van der Waals surface area contributed by atoms with E-state index in [1.54, 1.807) is 0 Å². The molecule has 0 aliphatic carbocycles. The van der Waals surface area contributed by atoms with Crippen molar-refractivity contribution in [2.75, 3.05) is 19.8 Å². The van der Waals surface area contributed by atoms with Gasteiger partial charge in [-0.3, -0.25) is 5.32 Å². The fourth-order valence-electron chi connectivity index (χ4n) is 0.306. The SMILES string of the molecule is NCCCNCO. The zero-order valence-electron chi connectivity index (χ0n) is 4.35. The van der Waals surface area contributed by atoms with Crippen molar-refractivity contribution in [3.8, 4) is 0 Å². The van der Waals surface area contributed by atoms with Gasteiger partial charge in [0.1, 0.15) is 0 Å². The van der Waals surface area contributed by atoms with Crippen molar-refractivity contribution in [3.05, 3.63) is 0 Å². The van der Waals surface area contributed by atoms with Crippen molar-refractivity contribution in [3.63, 3.8) is 0 Å². The van der Waals surface area contributed by atoms with Crippen molar-refractivity contribution in [2.45, 2.75) is 6.42 Å². The van der Waals surface area contributed by atoms with Crippen LogP contribution < -0.4 is 11.1 Å². The number of aliphatic hydroxyl groups is 1. The summed E-state index contributed by atoms with van der Waals surface area (Å²) >= 11 is 0. The van der Waals surface area contributed by atoms with E-state index in [4.69, 9.17) is 10.8 Å². The number of aliphatic hydroxyl groups excluding tert-OH is 1. The Bertz CT molecular complexity index is 28.9. The lowest BCUT2D eigenvalue weighted by atomic mass is 10.4. The Morgan fingerprint density at radius 1 is 1.57 bits per heavy atom. The average molecular weight is 104 g/mol. The molecule has 4 N–H and O–H groups in total. The first-order chi connectivity index (χ1) is 3.41. The van der Waals surface area contributed by atoms with E-state index in [1.807, 2.05) is 0 Å². The second-order valence-electron chi connectivity index (χ2n) is 1.30. The van der Waals surface area contributed by atoms with Crippen molar-refractivity contribution in [2.24, 2.45) is 5.73 Å². The molecule has 0 aliphatic heterocycles. The third kappa shape index (κ3) is 5.88. The molecular weight excluding hydrogens is 92.1 g/mol. The average Bonchev–Trinajstić information content (AvgIpc) is 1.69. The number of hydrogen-bond acceptors (Lipinski definition) is 3. The van der Waals surface area contributed by atoms with Gasteiger partial charge in [-0.1, -0.05) is 0 Å². The standard InChI is InChI=1S/C4H12N2O/c5-2-1-3-6-4-7/h6-7H,1-5H2. The van der Waals surface area contributed by atoms with Gasteiger partial charge in [-0.25, -0.2) is 0 Å². The van der Waals surface area contributed by atoms with Crippen LogP contribution >= 0.6 is 0 Å². The second-order valence-corrected chi connectivity index (χ2v) is 1.30. The molecule has 3 nitrogen and oxygen atoms in total. The smallest absolute Gasteiger partial charge is 0.0931 e. The van der Waals surface area contributed by atoms with Gasteiger partial charge in [0.2, 0.25) is 0 Å². The van der Waals surface area contributed by atoms with Crippen LogP contribution in [0.5, 0.6) is 0 Å². The Morgan fingerprint density at radius 3 is 2.71 bits per heavy atom. The predicted molar refractivity (Wildman–Crippen MR) is 28.8 cm³/mol. The van der Waals surface area contributed by atoms with Gasteiger partial charge in [0.05, 0.1) is 6.73 Å². The fraction of sp³-hybridized carbons (Fsp3) is 1.00. The summed E-state index contributed by atoms with van der Waals surface area (Å²) in [4.78, 5) is 0. The molecule has 44 valence electrons. The molecule has 0 unspecified atom stereocenters. The van der Waals surface area contributed by atoms with Crippen LogP contribution in [-0.4, -0.2) is 24.9 Å². The minimum Gasteiger partial charge on any atom is -0.381 e. The summed E-state index contributed by atoms with van der Waals surface area (Å²) in [5.41, 5.74) is 5.15. The number of hydrogen-bond donors (Lipinski definition) is 3. The van der Waals surface area contributed by atoms with E-state index in [0.29, 0.717) is 6.54 Å². The summed E-state index contributed by atoms with van der Waals surface area (Å²) in [6.07, 6.45) is 0.931. The van der Waals surface area contributed by atoms with Gasteiger partial charge < -0.3 is 10.8 Å². The predicted octanol–water partition coefficient (Wildman–Crippen LogP) is -1.13. The lowest BCUT2D eigenvalue weighted by Crippen LogP contribution is -2.18. The summed E-state index contributed by atoms with van der Waals surface area (Å²) in [6, 6.07) is 0. The van der Waals surface area contributed by atoms with E-state index in [0.717, 1.165) is 13.0 Å². The molecule has 0 aromatic heterocycles. The van der Waals surface area contributed by atoms with Gasteiger partial charge in [0.15, 0.2) is 0 Å². The summed E-state index contributed by atoms with van der Waals surface area (Å²) in [6.45, 7) is 1.56. The highest BCUT2D eigenvalue weighted by atomic mass is 16.3. The molecule has 0 atom stereocenters. The van der Waals surface area contributed by atoms with Gasteiger partial charge in [-0.2, -0.15) is 0 Å². The van der Waals surface area contributed by atoms with Crippen LogP contribution in [0, 0.1) is 0 Å². The molecule has 0 amide bonds. The van der Waals surface area contributed by atoms with Crippen molar-refractivity contribution in [1.82, 2.24) is 5.32 Å². The molecule has 0 saturated carbocycles. The highest BCUT2D eigenvalue weighted by Crippen LogP contribution is 1.65. The van der Waals surface area contributed by atoms with Crippen LogP contribution in [0.1, 0.15) is 6.42 Å². The molecule has 0 aromatic carbocycles. The molecule has 0 heterocycles. The van der Waals surface area contributed by atoms with Gasteiger partial charge >= 0.3 is 0 Å². The molecule has 3 heteroatoms. The maximum Gasteiger partial charge on any atom is 0.0931 e. The van der Waals surface area contributed by atoms with Crippen LogP contribution in [-0.2, 0) is 0 Å². The quantitative estimate of drug-likeness (QED) is 0.312. The third-order valence-electron chi connectivity index (χ3n) is 0.669. The minimum absolute atomic E-state index is 0.0556. The van der Waals surface area contributed by atoms with Crippen LogP contribution in [0.15, 0.2) is 0 Å². The zero-order chi connectivity index (χ0) is 5.54. The molecular formula is C4H12N2O. The highest BCUT2D eigenvalue weighted by molar-refractivity contribution is 4.40. The first-order valence-electron chi connectivity index (χ1n) is 2.43. The lowest BCUT2D eigenvalue weighted by molar-refractivity contribution is 0.261. The van der Waals surface area contributed by atoms with Gasteiger partial charge in [-0.05, 0) is 19.5 Å². The number of nitrogens with one attached hydrogen (secondary N) is 1. The summed E-state index contributed by atoms with van der Waals surface area (Å²) in [7, 11) is 0. The van der Waals surface area contributed by atoms with Gasteiger partial charge in [0, 0.05) is 0 Å². The van der Waals surface area contributed by atoms with E-state index in [1.165, 1.54) is 0 Å². The Hall–Kier alpha value is -0.120. The van der Waals surface area contributed by atoms with Crippen molar-refractivity contribution >= 4 is 0 Å². The van der Waals surface area contributed by atoms with Gasteiger partial charge in [-0.15, -0.1) is 0 Å². The number of nitrogens with two attached hydrogens (primary N) is 1.